The van der Waals surface area contributed by atoms with Crippen LogP contribution in [0.3, 0.4) is 0 Å². The normalized spacial score (nSPS) is 20.5. The summed E-state index contributed by atoms with van der Waals surface area (Å²) in [6.45, 7) is 5.72. The van der Waals surface area contributed by atoms with Crippen LogP contribution in [0.4, 0.5) is 0 Å². The zero-order chi connectivity index (χ0) is 18.3. The van der Waals surface area contributed by atoms with Crippen LogP contribution in [-0.4, -0.2) is 28.1 Å². The van der Waals surface area contributed by atoms with Crippen molar-refractivity contribution in [3.05, 3.63) is 39.7 Å². The number of hydrogen-bond donors (Lipinski definition) is 1. The Hall–Kier alpha value is -2.57. The van der Waals surface area contributed by atoms with E-state index in [9.17, 15) is 9.59 Å². The van der Waals surface area contributed by atoms with E-state index < -0.39 is 11.9 Å². The molecule has 0 aromatic carbocycles. The molecule has 1 aliphatic carbocycles. The maximum atomic E-state index is 12.7. The Bertz CT molecular complexity index is 817. The van der Waals surface area contributed by atoms with Gasteiger partial charge >= 0.3 is 5.97 Å². The first kappa shape index (κ1) is 17.3. The Kier molecular flexibility index (Phi) is 4.41. The topological polar surface area (TPSA) is 96.4 Å². The van der Waals surface area contributed by atoms with Gasteiger partial charge < -0.3 is 15.2 Å². The predicted molar refractivity (Wildman–Crippen MR) is 90.2 cm³/mol. The summed E-state index contributed by atoms with van der Waals surface area (Å²) in [6.07, 6.45) is 1.79. The second-order valence-corrected chi connectivity index (χ2v) is 6.36. The van der Waals surface area contributed by atoms with Gasteiger partial charge in [-0.3, -0.25) is 9.48 Å². The molecular weight excluding hydrogens is 322 g/mol. The number of ether oxygens (including phenoxy) is 2. The standard InChI is InChI=1S/C18H23N3O4/c1-5-24-18(23)16-15(13-9(2)20-21(4)10(13)3)14-11(22)7-6-8-12(14)25-17(16)19/h15H,5-8,19H2,1-4H3/t15-/m1/s1. The summed E-state index contributed by atoms with van der Waals surface area (Å²) in [4.78, 5) is 25.3. The Morgan fingerprint density at radius 1 is 1.40 bits per heavy atom. The van der Waals surface area contributed by atoms with Gasteiger partial charge in [-0.15, -0.1) is 0 Å². The fourth-order valence-electron chi connectivity index (χ4n) is 3.66. The minimum atomic E-state index is -0.593. The van der Waals surface area contributed by atoms with Crippen molar-refractivity contribution in [1.29, 1.82) is 0 Å². The van der Waals surface area contributed by atoms with Crippen LogP contribution in [0.5, 0.6) is 0 Å². The van der Waals surface area contributed by atoms with Crippen LogP contribution in [0.1, 0.15) is 49.1 Å². The molecule has 0 spiro atoms. The lowest BCUT2D eigenvalue weighted by molar-refractivity contribution is -0.139. The second kappa shape index (κ2) is 6.38. The van der Waals surface area contributed by atoms with E-state index in [1.54, 1.807) is 11.6 Å². The minimum Gasteiger partial charge on any atom is -0.462 e. The van der Waals surface area contributed by atoms with Crippen LogP contribution < -0.4 is 5.73 Å². The van der Waals surface area contributed by atoms with Gasteiger partial charge in [0.25, 0.3) is 0 Å². The first-order valence-electron chi connectivity index (χ1n) is 8.47. The van der Waals surface area contributed by atoms with E-state index in [0.717, 1.165) is 23.4 Å². The first-order valence-corrected chi connectivity index (χ1v) is 8.47. The fourth-order valence-corrected chi connectivity index (χ4v) is 3.66. The summed E-state index contributed by atoms with van der Waals surface area (Å²) in [7, 11) is 1.83. The number of nitrogens with zero attached hydrogens (tertiary/aromatic N) is 2. The predicted octanol–water partition coefficient (Wildman–Crippen LogP) is 1.89. The van der Waals surface area contributed by atoms with Crippen molar-refractivity contribution in [2.45, 2.75) is 46.0 Å². The molecule has 0 radical (unpaired) electrons. The molecule has 0 amide bonds. The van der Waals surface area contributed by atoms with Crippen LogP contribution in [-0.2, 0) is 26.1 Å². The highest BCUT2D eigenvalue weighted by Gasteiger charge is 2.43. The lowest BCUT2D eigenvalue weighted by Gasteiger charge is -2.32. The molecule has 7 heteroatoms. The number of rotatable bonds is 3. The molecule has 1 aromatic heterocycles. The lowest BCUT2D eigenvalue weighted by atomic mass is 9.76. The number of hydrogen-bond acceptors (Lipinski definition) is 6. The third-order valence-electron chi connectivity index (χ3n) is 4.83. The summed E-state index contributed by atoms with van der Waals surface area (Å²) in [6, 6.07) is 0. The van der Waals surface area contributed by atoms with E-state index in [4.69, 9.17) is 15.2 Å². The maximum absolute atomic E-state index is 12.7. The van der Waals surface area contributed by atoms with Crippen molar-refractivity contribution in [1.82, 2.24) is 9.78 Å². The Morgan fingerprint density at radius 3 is 2.72 bits per heavy atom. The summed E-state index contributed by atoms with van der Waals surface area (Å²) >= 11 is 0. The van der Waals surface area contributed by atoms with Crippen LogP contribution in [0.25, 0.3) is 0 Å². The number of allylic oxidation sites excluding steroid dienone is 2. The Labute approximate surface area is 146 Å². The van der Waals surface area contributed by atoms with Gasteiger partial charge in [0.05, 0.1) is 18.2 Å². The van der Waals surface area contributed by atoms with Crippen molar-refractivity contribution >= 4 is 11.8 Å². The van der Waals surface area contributed by atoms with Gasteiger partial charge in [0, 0.05) is 36.7 Å². The van der Waals surface area contributed by atoms with Crippen molar-refractivity contribution in [3.8, 4) is 0 Å². The van der Waals surface area contributed by atoms with Crippen molar-refractivity contribution in [3.63, 3.8) is 0 Å². The van der Waals surface area contributed by atoms with Crippen LogP contribution in [0, 0.1) is 13.8 Å². The largest absolute Gasteiger partial charge is 0.462 e. The highest BCUT2D eigenvalue weighted by atomic mass is 16.5. The van der Waals surface area contributed by atoms with Crippen molar-refractivity contribution in [2.24, 2.45) is 12.8 Å². The van der Waals surface area contributed by atoms with Crippen LogP contribution >= 0.6 is 0 Å². The van der Waals surface area contributed by atoms with E-state index in [-0.39, 0.29) is 23.8 Å². The third-order valence-corrected chi connectivity index (χ3v) is 4.83. The number of aryl methyl sites for hydroxylation is 2. The van der Waals surface area contributed by atoms with Gasteiger partial charge in [-0.05, 0) is 27.2 Å². The lowest BCUT2D eigenvalue weighted by Crippen LogP contribution is -2.32. The molecule has 0 saturated heterocycles. The monoisotopic (exact) mass is 345 g/mol. The number of nitrogens with two attached hydrogens (primary N) is 1. The van der Waals surface area contributed by atoms with E-state index in [1.165, 1.54) is 0 Å². The molecule has 1 atom stereocenters. The van der Waals surface area contributed by atoms with Crippen molar-refractivity contribution < 1.29 is 19.1 Å². The SMILES string of the molecule is CCOC(=O)C1=C(N)OC2=C(C(=O)CCC2)[C@H]1c1c(C)nn(C)c1C. The molecule has 1 aromatic rings. The molecule has 3 rings (SSSR count). The first-order chi connectivity index (χ1) is 11.9. The minimum absolute atomic E-state index is 0.0109. The number of carbonyl (C=O) groups excluding carboxylic acids is 2. The molecule has 25 heavy (non-hydrogen) atoms. The Balaban J connectivity index is 2.24. The molecule has 134 valence electrons. The van der Waals surface area contributed by atoms with E-state index >= 15 is 0 Å². The smallest absolute Gasteiger partial charge is 0.340 e. The summed E-state index contributed by atoms with van der Waals surface area (Å²) in [5.41, 5.74) is 9.24. The van der Waals surface area contributed by atoms with Gasteiger partial charge in [0.1, 0.15) is 11.3 Å². The number of ketones is 1. The van der Waals surface area contributed by atoms with Gasteiger partial charge in [0.2, 0.25) is 5.88 Å². The molecule has 0 fully saturated rings. The summed E-state index contributed by atoms with van der Waals surface area (Å²) in [5.74, 6) is -0.584. The molecule has 0 saturated carbocycles. The number of carbonyl (C=O) groups is 2. The van der Waals surface area contributed by atoms with Gasteiger partial charge in [-0.2, -0.15) is 5.10 Å². The quantitative estimate of drug-likeness (QED) is 0.841. The van der Waals surface area contributed by atoms with Crippen LogP contribution in [0.2, 0.25) is 0 Å². The number of Topliss-reactive ketones (excluding diaryl/α,β-unsaturated/α-hetero) is 1. The zero-order valence-electron chi connectivity index (χ0n) is 15.0. The molecule has 0 bridgehead atoms. The molecule has 2 N–H and O–H groups in total. The summed E-state index contributed by atoms with van der Waals surface area (Å²) < 4.78 is 12.6. The van der Waals surface area contributed by atoms with Gasteiger partial charge in [-0.1, -0.05) is 0 Å². The van der Waals surface area contributed by atoms with Gasteiger partial charge in [-0.25, -0.2) is 4.79 Å². The summed E-state index contributed by atoms with van der Waals surface area (Å²) in [5, 5.41) is 4.44. The highest BCUT2D eigenvalue weighted by molar-refractivity contribution is 6.03. The van der Waals surface area contributed by atoms with E-state index in [2.05, 4.69) is 5.10 Å². The molecule has 1 aliphatic heterocycles. The van der Waals surface area contributed by atoms with Crippen LogP contribution in [0.15, 0.2) is 22.8 Å². The molecule has 7 nitrogen and oxygen atoms in total. The van der Waals surface area contributed by atoms with Crippen molar-refractivity contribution in [2.75, 3.05) is 6.61 Å². The number of esters is 1. The molecule has 2 aliphatic rings. The number of aromatic nitrogens is 2. The maximum Gasteiger partial charge on any atom is 0.340 e. The van der Waals surface area contributed by atoms with E-state index in [1.807, 2.05) is 20.9 Å². The fraction of sp³-hybridized carbons (Fsp3) is 0.500. The van der Waals surface area contributed by atoms with E-state index in [0.29, 0.717) is 24.2 Å². The highest BCUT2D eigenvalue weighted by Crippen LogP contribution is 2.45. The average Bonchev–Trinajstić information content (AvgIpc) is 2.79. The molecular formula is C18H23N3O4. The average molecular weight is 345 g/mol. The zero-order valence-corrected chi connectivity index (χ0v) is 15.0. The molecule has 0 unspecified atom stereocenters. The second-order valence-electron chi connectivity index (χ2n) is 6.36. The molecule has 2 heterocycles. The van der Waals surface area contributed by atoms with Gasteiger partial charge in [0.15, 0.2) is 5.78 Å². The Morgan fingerprint density at radius 2 is 2.12 bits per heavy atom. The third kappa shape index (κ3) is 2.73.